The Balaban J connectivity index is 1.20. The molecule has 0 radical (unpaired) electrons. The predicted octanol–water partition coefficient (Wildman–Crippen LogP) is 13.9. The minimum atomic E-state index is 0.588. The molecule has 0 aliphatic rings. The van der Waals surface area contributed by atoms with Gasteiger partial charge in [0.2, 0.25) is 5.89 Å². The van der Waals surface area contributed by atoms with Crippen LogP contribution in [0.15, 0.2) is 203 Å². The summed E-state index contributed by atoms with van der Waals surface area (Å²) in [5, 5.41) is 1.99. The first kappa shape index (κ1) is 30.6. The lowest BCUT2D eigenvalue weighted by molar-refractivity contribution is 0.617. The molecular weight excluding hydrogens is 649 g/mol. The second kappa shape index (κ2) is 12.9. The molecule has 0 N–H and O–H groups in total. The Kier molecular flexibility index (Phi) is 7.43. The van der Waals surface area contributed by atoms with Gasteiger partial charge in [0, 0.05) is 28.4 Å². The van der Waals surface area contributed by atoms with E-state index in [9.17, 15) is 0 Å². The van der Waals surface area contributed by atoms with Gasteiger partial charge >= 0.3 is 0 Å². The van der Waals surface area contributed by atoms with Gasteiger partial charge in [-0.3, -0.25) is 0 Å². The number of aromatic nitrogens is 1. The maximum Gasteiger partial charge on any atom is 0.227 e. The number of anilines is 3. The maximum absolute atomic E-state index is 6.57. The van der Waals surface area contributed by atoms with Crippen molar-refractivity contribution in [1.82, 2.24) is 4.98 Å². The van der Waals surface area contributed by atoms with Gasteiger partial charge in [-0.05, 0) is 88.0 Å². The van der Waals surface area contributed by atoms with Gasteiger partial charge in [-0.2, -0.15) is 0 Å². The first-order chi connectivity index (χ1) is 26.3. The third kappa shape index (κ3) is 5.54. The summed E-state index contributed by atoms with van der Waals surface area (Å²) in [5.41, 5.74) is 14.0. The molecule has 10 aromatic rings. The van der Waals surface area contributed by atoms with Gasteiger partial charge in [0.15, 0.2) is 5.58 Å². The van der Waals surface area contributed by atoms with Crippen molar-refractivity contribution in [2.75, 3.05) is 4.90 Å². The van der Waals surface area contributed by atoms with Crippen LogP contribution in [0, 0.1) is 0 Å². The summed E-state index contributed by atoms with van der Waals surface area (Å²) >= 11 is 0. The Morgan fingerprint density at radius 2 is 0.962 bits per heavy atom. The van der Waals surface area contributed by atoms with Crippen molar-refractivity contribution in [2.45, 2.75) is 0 Å². The lowest BCUT2D eigenvalue weighted by Gasteiger charge is -2.27. The van der Waals surface area contributed by atoms with Crippen LogP contribution in [0.1, 0.15) is 0 Å². The standard InChI is InChI=1S/C49H32N2O2/c1-5-14-33(15-6-1)34-24-26-38(27-25-34)51(39-28-29-40(35-16-7-2-8-17-35)41(30-39)36-18-9-3-10-19-36)44-22-13-23-45-48(44)42-31-43-47(32-46(42)52-45)53-49(50-43)37-20-11-4-12-21-37/h1-32H. The number of oxazole rings is 1. The molecule has 0 fully saturated rings. The maximum atomic E-state index is 6.57. The third-order valence-electron chi connectivity index (χ3n) is 9.91. The van der Waals surface area contributed by atoms with E-state index < -0.39 is 0 Å². The SMILES string of the molecule is c1ccc(-c2ccc(N(c3ccc(-c4ccccc4)c(-c4ccccc4)c3)c3cccc4oc5cc6oc(-c7ccccc7)nc6cc5c34)cc2)cc1. The molecule has 0 saturated carbocycles. The molecule has 0 aliphatic carbocycles. The molecule has 8 aromatic carbocycles. The molecule has 0 unspecified atom stereocenters. The van der Waals surface area contributed by atoms with Crippen LogP contribution in [0.25, 0.3) is 77.9 Å². The summed E-state index contributed by atoms with van der Waals surface area (Å²) in [6, 6.07) is 67.7. The zero-order chi connectivity index (χ0) is 35.1. The lowest BCUT2D eigenvalue weighted by atomic mass is 9.93. The van der Waals surface area contributed by atoms with E-state index >= 15 is 0 Å². The quantitative estimate of drug-likeness (QED) is 0.168. The number of benzene rings is 8. The Hall–Kier alpha value is -7.17. The topological polar surface area (TPSA) is 42.4 Å². The average molecular weight is 681 g/mol. The summed E-state index contributed by atoms with van der Waals surface area (Å²) in [5.74, 6) is 0.588. The molecule has 0 bridgehead atoms. The third-order valence-corrected chi connectivity index (χ3v) is 9.91. The highest BCUT2D eigenvalue weighted by molar-refractivity contribution is 6.15. The fraction of sp³-hybridized carbons (Fsp3) is 0. The minimum absolute atomic E-state index is 0.588. The zero-order valence-corrected chi connectivity index (χ0v) is 28.7. The van der Waals surface area contributed by atoms with Crippen LogP contribution in [0.2, 0.25) is 0 Å². The van der Waals surface area contributed by atoms with Gasteiger partial charge in [-0.25, -0.2) is 4.98 Å². The Morgan fingerprint density at radius 3 is 1.64 bits per heavy atom. The Labute approximate surface area is 306 Å². The zero-order valence-electron chi connectivity index (χ0n) is 28.7. The molecule has 0 atom stereocenters. The van der Waals surface area contributed by atoms with Crippen LogP contribution in [0.4, 0.5) is 17.1 Å². The summed E-state index contributed by atoms with van der Waals surface area (Å²) in [4.78, 5) is 7.25. The molecule has 0 spiro atoms. The number of furan rings is 1. The monoisotopic (exact) mass is 680 g/mol. The van der Waals surface area contributed by atoms with Gasteiger partial charge in [0.05, 0.1) is 11.1 Å². The van der Waals surface area contributed by atoms with Crippen molar-refractivity contribution >= 4 is 50.1 Å². The van der Waals surface area contributed by atoms with E-state index in [-0.39, 0.29) is 0 Å². The van der Waals surface area contributed by atoms with Crippen LogP contribution >= 0.6 is 0 Å². The number of hydrogen-bond acceptors (Lipinski definition) is 4. The van der Waals surface area contributed by atoms with E-state index in [0.717, 1.165) is 66.8 Å². The van der Waals surface area contributed by atoms with Crippen LogP contribution in [-0.2, 0) is 0 Å². The predicted molar refractivity (Wildman–Crippen MR) is 218 cm³/mol. The highest BCUT2D eigenvalue weighted by Crippen LogP contribution is 2.46. The van der Waals surface area contributed by atoms with Gasteiger partial charge in [0.1, 0.15) is 16.7 Å². The summed E-state index contributed by atoms with van der Waals surface area (Å²) in [6.07, 6.45) is 0. The van der Waals surface area contributed by atoms with Gasteiger partial charge in [0.25, 0.3) is 0 Å². The number of hydrogen-bond donors (Lipinski definition) is 0. The van der Waals surface area contributed by atoms with Crippen molar-refractivity contribution in [1.29, 1.82) is 0 Å². The molecule has 10 rings (SSSR count). The summed E-state index contributed by atoms with van der Waals surface area (Å²) in [7, 11) is 0. The molecule has 2 heterocycles. The van der Waals surface area contributed by atoms with Crippen LogP contribution in [0.3, 0.4) is 0 Å². The van der Waals surface area contributed by atoms with Gasteiger partial charge in [-0.1, -0.05) is 133 Å². The average Bonchev–Trinajstić information content (AvgIpc) is 3.82. The first-order valence-corrected chi connectivity index (χ1v) is 17.8. The van der Waals surface area contributed by atoms with Crippen LogP contribution in [0.5, 0.6) is 0 Å². The van der Waals surface area contributed by atoms with Crippen molar-refractivity contribution in [3.63, 3.8) is 0 Å². The van der Waals surface area contributed by atoms with E-state index in [2.05, 4.69) is 150 Å². The number of rotatable bonds is 7. The van der Waals surface area contributed by atoms with Crippen molar-refractivity contribution in [2.24, 2.45) is 0 Å². The molecule has 0 amide bonds. The van der Waals surface area contributed by atoms with E-state index in [1.54, 1.807) is 0 Å². The van der Waals surface area contributed by atoms with Crippen LogP contribution < -0.4 is 4.90 Å². The Morgan fingerprint density at radius 1 is 0.377 bits per heavy atom. The first-order valence-electron chi connectivity index (χ1n) is 17.8. The lowest BCUT2D eigenvalue weighted by Crippen LogP contribution is -2.10. The fourth-order valence-electron chi connectivity index (χ4n) is 7.38. The summed E-state index contributed by atoms with van der Waals surface area (Å²) < 4.78 is 12.8. The molecule has 4 nitrogen and oxygen atoms in total. The number of fused-ring (bicyclic) bond motifs is 4. The van der Waals surface area contributed by atoms with E-state index in [4.69, 9.17) is 13.8 Å². The normalized spacial score (nSPS) is 11.4. The second-order valence-electron chi connectivity index (χ2n) is 13.2. The molecule has 2 aromatic heterocycles. The van der Waals surface area contributed by atoms with E-state index in [1.807, 2.05) is 48.5 Å². The van der Waals surface area contributed by atoms with Gasteiger partial charge < -0.3 is 13.7 Å². The minimum Gasteiger partial charge on any atom is -0.456 e. The molecule has 0 aliphatic heterocycles. The molecule has 250 valence electrons. The van der Waals surface area contributed by atoms with Crippen LogP contribution in [-0.4, -0.2) is 4.98 Å². The largest absolute Gasteiger partial charge is 0.456 e. The molecular formula is C49H32N2O2. The van der Waals surface area contributed by atoms with Gasteiger partial charge in [-0.15, -0.1) is 0 Å². The second-order valence-corrected chi connectivity index (χ2v) is 13.2. The molecule has 4 heteroatoms. The molecule has 53 heavy (non-hydrogen) atoms. The van der Waals surface area contributed by atoms with Crippen molar-refractivity contribution < 1.29 is 8.83 Å². The summed E-state index contributed by atoms with van der Waals surface area (Å²) in [6.45, 7) is 0. The van der Waals surface area contributed by atoms with E-state index in [0.29, 0.717) is 11.5 Å². The highest BCUT2D eigenvalue weighted by Gasteiger charge is 2.22. The fourth-order valence-corrected chi connectivity index (χ4v) is 7.38. The van der Waals surface area contributed by atoms with E-state index in [1.165, 1.54) is 16.7 Å². The smallest absolute Gasteiger partial charge is 0.227 e. The molecule has 0 saturated heterocycles. The Bertz CT molecular complexity index is 2860. The van der Waals surface area contributed by atoms with Crippen molar-refractivity contribution in [3.05, 3.63) is 194 Å². The van der Waals surface area contributed by atoms with Crippen molar-refractivity contribution in [3.8, 4) is 44.8 Å². The highest BCUT2D eigenvalue weighted by atomic mass is 16.4. The number of nitrogens with zero attached hydrogens (tertiary/aromatic N) is 2.